The molecular formula is C29H35ClN2O4S. The molecule has 0 atom stereocenters. The van der Waals surface area contributed by atoms with Gasteiger partial charge in [0.2, 0.25) is 0 Å². The van der Waals surface area contributed by atoms with E-state index in [1.165, 1.54) is 0 Å². The van der Waals surface area contributed by atoms with Gasteiger partial charge in [0.1, 0.15) is 17.1 Å². The molecule has 198 valence electrons. The predicted octanol–water partition coefficient (Wildman–Crippen LogP) is 9.93. The lowest BCUT2D eigenvalue weighted by molar-refractivity contribution is -0.432. The summed E-state index contributed by atoms with van der Waals surface area (Å²) in [4.78, 5) is 0.600. The summed E-state index contributed by atoms with van der Waals surface area (Å²) >= 11 is 7.15. The lowest BCUT2D eigenvalue weighted by Gasteiger charge is -2.35. The number of hydrogen-bond acceptors (Lipinski definition) is 7. The van der Waals surface area contributed by atoms with Crippen LogP contribution in [0.1, 0.15) is 71.6 Å². The zero-order chi connectivity index (χ0) is 27.4. The molecule has 0 saturated carbocycles. The molecule has 3 rings (SSSR count). The number of hydrogen-bond donors (Lipinski definition) is 2. The normalized spacial score (nSPS) is 12.9. The fourth-order valence-corrected chi connectivity index (χ4v) is 5.33. The topological polar surface area (TPSA) is 83.6 Å². The molecule has 0 bridgehead atoms. The number of azo groups is 1. The van der Waals surface area contributed by atoms with Crippen LogP contribution in [0.25, 0.3) is 0 Å². The highest BCUT2D eigenvalue weighted by Gasteiger charge is 2.33. The molecule has 0 fully saturated rings. The van der Waals surface area contributed by atoms with E-state index in [1.807, 2.05) is 24.3 Å². The van der Waals surface area contributed by atoms with Crippen molar-refractivity contribution in [1.29, 1.82) is 0 Å². The van der Waals surface area contributed by atoms with Crippen LogP contribution in [0.3, 0.4) is 0 Å². The van der Waals surface area contributed by atoms with Gasteiger partial charge in [0.25, 0.3) is 0 Å². The van der Waals surface area contributed by atoms with Crippen LogP contribution in [0, 0.1) is 5.41 Å². The lowest BCUT2D eigenvalue weighted by atomic mass is 9.70. The molecule has 37 heavy (non-hydrogen) atoms. The first-order valence-electron chi connectivity index (χ1n) is 12.0. The monoisotopic (exact) mass is 542 g/mol. The summed E-state index contributed by atoms with van der Waals surface area (Å²) in [7, 11) is 0. The third kappa shape index (κ3) is 7.33. The highest BCUT2D eigenvalue weighted by molar-refractivity contribution is 7.94. The van der Waals surface area contributed by atoms with Crippen LogP contribution in [0.5, 0.6) is 5.75 Å². The standard InChI is InChI=1S/C29H35ClN2O4S/c1-27(2,3)18-28(4,5)20-15-22(29(6,7)19-11-9-8-10-12-19)26(33)25(16-20)32-31-24-17-21(37-36-35-34)13-14-23(24)30/h8-17,33-34H,18H2,1-7H3/b32-31+. The second-order valence-electron chi connectivity index (χ2n) is 11.5. The number of benzene rings is 3. The Labute approximate surface area is 228 Å². The van der Waals surface area contributed by atoms with Gasteiger partial charge in [-0.1, -0.05) is 102 Å². The quantitative estimate of drug-likeness (QED) is 0.122. The number of nitrogens with zero attached hydrogens (tertiary/aromatic N) is 2. The summed E-state index contributed by atoms with van der Waals surface area (Å²) in [5, 5.41) is 32.8. The van der Waals surface area contributed by atoms with Crippen molar-refractivity contribution in [2.75, 3.05) is 0 Å². The van der Waals surface area contributed by atoms with Gasteiger partial charge in [-0.3, -0.25) is 0 Å². The van der Waals surface area contributed by atoms with Crippen LogP contribution in [0.2, 0.25) is 5.02 Å². The van der Waals surface area contributed by atoms with E-state index in [4.69, 9.17) is 16.9 Å². The van der Waals surface area contributed by atoms with E-state index >= 15 is 0 Å². The van der Waals surface area contributed by atoms with E-state index in [9.17, 15) is 5.11 Å². The lowest BCUT2D eigenvalue weighted by Crippen LogP contribution is -2.26. The van der Waals surface area contributed by atoms with Gasteiger partial charge in [0, 0.05) is 15.9 Å². The van der Waals surface area contributed by atoms with Gasteiger partial charge < -0.3 is 5.11 Å². The molecule has 0 aromatic heterocycles. The molecule has 2 N–H and O–H groups in total. The van der Waals surface area contributed by atoms with Gasteiger partial charge in [0.05, 0.1) is 17.1 Å². The minimum atomic E-state index is -0.487. The fraction of sp³-hybridized carbons (Fsp3) is 0.379. The van der Waals surface area contributed by atoms with E-state index in [1.54, 1.807) is 18.2 Å². The molecule has 0 spiro atoms. The van der Waals surface area contributed by atoms with Gasteiger partial charge in [-0.2, -0.15) is 0 Å². The van der Waals surface area contributed by atoms with E-state index in [0.717, 1.165) is 35.2 Å². The van der Waals surface area contributed by atoms with Crippen molar-refractivity contribution in [3.05, 3.63) is 82.4 Å². The molecule has 0 aliphatic rings. The van der Waals surface area contributed by atoms with E-state index in [-0.39, 0.29) is 16.6 Å². The van der Waals surface area contributed by atoms with Crippen LogP contribution < -0.4 is 0 Å². The maximum atomic E-state index is 11.5. The molecule has 0 aliphatic carbocycles. The van der Waals surface area contributed by atoms with Crippen molar-refractivity contribution in [2.24, 2.45) is 15.6 Å². The summed E-state index contributed by atoms with van der Waals surface area (Å²) in [5.74, 6) is 0.0755. The second-order valence-corrected chi connectivity index (χ2v) is 12.7. The predicted molar refractivity (Wildman–Crippen MR) is 150 cm³/mol. The summed E-state index contributed by atoms with van der Waals surface area (Å²) in [5.41, 5.74) is 3.10. The highest BCUT2D eigenvalue weighted by atomic mass is 35.5. The maximum Gasteiger partial charge on any atom is 0.147 e. The number of aromatic hydroxyl groups is 1. The molecule has 0 saturated heterocycles. The van der Waals surface area contributed by atoms with Gasteiger partial charge in [0.15, 0.2) is 0 Å². The second kappa shape index (κ2) is 11.5. The summed E-state index contributed by atoms with van der Waals surface area (Å²) in [6.45, 7) is 15.3. The van der Waals surface area contributed by atoms with Crippen molar-refractivity contribution >= 4 is 35.0 Å². The third-order valence-corrected chi connectivity index (χ3v) is 7.25. The largest absolute Gasteiger partial charge is 0.505 e. The molecule has 8 heteroatoms. The van der Waals surface area contributed by atoms with Crippen molar-refractivity contribution in [3.8, 4) is 5.75 Å². The Balaban J connectivity index is 2.16. The Morgan fingerprint density at radius 3 is 2.11 bits per heavy atom. The van der Waals surface area contributed by atoms with Crippen molar-refractivity contribution < 1.29 is 19.7 Å². The molecule has 3 aromatic carbocycles. The third-order valence-electron chi connectivity index (χ3n) is 6.36. The Bertz CT molecular complexity index is 1250. The number of phenolic OH excluding ortho intramolecular Hbond substituents is 1. The molecule has 0 aliphatic heterocycles. The SMILES string of the molecule is CC(C)(C)CC(C)(C)c1cc(/N=N/c2cc(SOOO)ccc2Cl)c(O)c(C(C)(C)c2ccccc2)c1. The maximum absolute atomic E-state index is 11.5. The van der Waals surface area contributed by atoms with E-state index < -0.39 is 5.41 Å². The summed E-state index contributed by atoms with van der Waals surface area (Å²) in [6, 6.07) is 19.1. The molecule has 0 radical (unpaired) electrons. The fourth-order valence-electron chi connectivity index (χ4n) is 4.78. The average Bonchev–Trinajstić information content (AvgIpc) is 2.82. The number of phenols is 1. The number of halogens is 1. The molecule has 0 unspecified atom stereocenters. The van der Waals surface area contributed by atoms with Crippen molar-refractivity contribution in [2.45, 2.75) is 70.6 Å². The van der Waals surface area contributed by atoms with Crippen molar-refractivity contribution in [3.63, 3.8) is 0 Å². The Kier molecular flexibility index (Phi) is 9.09. The van der Waals surface area contributed by atoms with E-state index in [0.29, 0.717) is 21.3 Å². The van der Waals surface area contributed by atoms with Crippen LogP contribution in [-0.4, -0.2) is 10.4 Å². The zero-order valence-electron chi connectivity index (χ0n) is 22.4. The van der Waals surface area contributed by atoms with Gasteiger partial charge >= 0.3 is 0 Å². The first-order valence-corrected chi connectivity index (χ1v) is 13.2. The van der Waals surface area contributed by atoms with Crippen molar-refractivity contribution in [1.82, 2.24) is 0 Å². The van der Waals surface area contributed by atoms with Gasteiger partial charge in [-0.05, 0) is 52.6 Å². The highest BCUT2D eigenvalue weighted by Crippen LogP contribution is 2.47. The molecule has 0 heterocycles. The van der Waals surface area contributed by atoms with E-state index in [2.05, 4.69) is 86.3 Å². The summed E-state index contributed by atoms with van der Waals surface area (Å²) < 4.78 is 4.50. The van der Waals surface area contributed by atoms with Crippen LogP contribution in [0.15, 0.2) is 75.8 Å². The van der Waals surface area contributed by atoms with Gasteiger partial charge in [-0.25, -0.2) is 5.26 Å². The first kappa shape index (κ1) is 29.1. The number of rotatable bonds is 9. The Hall–Kier alpha value is -2.42. The molecule has 3 aromatic rings. The summed E-state index contributed by atoms with van der Waals surface area (Å²) in [6.07, 6.45) is 0.935. The van der Waals surface area contributed by atoms with Crippen LogP contribution in [0.4, 0.5) is 11.4 Å². The van der Waals surface area contributed by atoms with Gasteiger partial charge in [-0.15, -0.1) is 14.6 Å². The molecular weight excluding hydrogens is 508 g/mol. The minimum Gasteiger partial charge on any atom is -0.505 e. The zero-order valence-corrected chi connectivity index (χ0v) is 23.9. The molecule has 0 amide bonds. The average molecular weight is 543 g/mol. The smallest absolute Gasteiger partial charge is 0.147 e. The Morgan fingerprint density at radius 1 is 0.838 bits per heavy atom. The van der Waals surface area contributed by atoms with Crippen LogP contribution in [-0.2, 0) is 20.2 Å². The Morgan fingerprint density at radius 2 is 1.49 bits per heavy atom. The van der Waals surface area contributed by atoms with Crippen LogP contribution >= 0.6 is 23.6 Å². The minimum absolute atomic E-state index is 0.0755. The molecule has 6 nitrogen and oxygen atoms in total. The first-order chi connectivity index (χ1) is 17.2.